The molecule has 3 heterocycles. The van der Waals surface area contributed by atoms with Gasteiger partial charge < -0.3 is 9.80 Å². The van der Waals surface area contributed by atoms with E-state index < -0.39 is 0 Å². The molecule has 2 aliphatic rings. The number of rotatable bonds is 8. The molecule has 6 nitrogen and oxygen atoms in total. The number of hydrogen-bond donors (Lipinski definition) is 0. The SMILES string of the molecule is O=C1CC[C@H](C(=O)N2CCC(CCn3cccn3)CC2)CN1CCCc1ccccc1. The van der Waals surface area contributed by atoms with E-state index >= 15 is 0 Å². The third-order valence-corrected chi connectivity index (χ3v) is 6.84. The number of aryl methyl sites for hydroxylation is 2. The number of benzene rings is 1. The van der Waals surface area contributed by atoms with Crippen LogP contribution in [0.1, 0.15) is 44.1 Å². The van der Waals surface area contributed by atoms with E-state index in [-0.39, 0.29) is 17.7 Å². The summed E-state index contributed by atoms with van der Waals surface area (Å²) in [5.41, 5.74) is 1.30. The molecular formula is C25H34N4O2. The number of amides is 2. The van der Waals surface area contributed by atoms with Gasteiger partial charge in [0, 0.05) is 51.5 Å². The standard InChI is InChI=1S/C25H34N4O2/c30-24-10-9-23(20-28(24)15-4-8-21-6-2-1-3-7-21)25(31)27-17-11-22(12-18-27)13-19-29-16-5-14-26-29/h1-3,5-7,14,16,22-23H,4,8-13,15,17-20H2/t23-/m0/s1. The summed E-state index contributed by atoms with van der Waals surface area (Å²) in [5, 5.41) is 4.28. The summed E-state index contributed by atoms with van der Waals surface area (Å²) in [4.78, 5) is 29.5. The molecule has 2 aromatic rings. The summed E-state index contributed by atoms with van der Waals surface area (Å²) in [7, 11) is 0. The van der Waals surface area contributed by atoms with E-state index in [1.54, 1.807) is 0 Å². The van der Waals surface area contributed by atoms with Crippen LogP contribution in [0, 0.1) is 11.8 Å². The molecule has 0 N–H and O–H groups in total. The van der Waals surface area contributed by atoms with Crippen LogP contribution in [0.25, 0.3) is 0 Å². The van der Waals surface area contributed by atoms with Crippen LogP contribution in [-0.2, 0) is 22.6 Å². The lowest BCUT2D eigenvalue weighted by Crippen LogP contribution is -2.49. The minimum Gasteiger partial charge on any atom is -0.342 e. The van der Waals surface area contributed by atoms with Crippen molar-refractivity contribution < 1.29 is 9.59 Å². The Morgan fingerprint density at radius 3 is 2.58 bits per heavy atom. The average molecular weight is 423 g/mol. The number of aromatic nitrogens is 2. The maximum atomic E-state index is 13.1. The van der Waals surface area contributed by atoms with Gasteiger partial charge in [-0.3, -0.25) is 14.3 Å². The maximum Gasteiger partial charge on any atom is 0.227 e. The van der Waals surface area contributed by atoms with E-state index in [1.807, 2.05) is 39.0 Å². The molecule has 0 bridgehead atoms. The fourth-order valence-electron chi connectivity index (χ4n) is 4.90. The van der Waals surface area contributed by atoms with Gasteiger partial charge in [-0.05, 0) is 56.1 Å². The highest BCUT2D eigenvalue weighted by Crippen LogP contribution is 2.25. The Balaban J connectivity index is 1.20. The lowest BCUT2D eigenvalue weighted by Gasteiger charge is -2.38. The summed E-state index contributed by atoms with van der Waals surface area (Å²) in [6.45, 7) is 3.98. The van der Waals surface area contributed by atoms with Gasteiger partial charge in [0.25, 0.3) is 0 Å². The first-order valence-electron chi connectivity index (χ1n) is 11.8. The number of likely N-dealkylation sites (tertiary alicyclic amines) is 2. The Kier molecular flexibility index (Phi) is 7.39. The molecule has 1 aromatic carbocycles. The van der Waals surface area contributed by atoms with Gasteiger partial charge in [-0.25, -0.2) is 0 Å². The molecule has 4 rings (SSSR count). The lowest BCUT2D eigenvalue weighted by atomic mass is 9.91. The quantitative estimate of drug-likeness (QED) is 0.655. The predicted octanol–water partition coefficient (Wildman–Crippen LogP) is 3.38. The Labute approximate surface area is 185 Å². The van der Waals surface area contributed by atoms with E-state index in [1.165, 1.54) is 5.56 Å². The van der Waals surface area contributed by atoms with E-state index in [0.717, 1.165) is 58.3 Å². The van der Waals surface area contributed by atoms with Crippen LogP contribution in [0.2, 0.25) is 0 Å². The zero-order valence-electron chi connectivity index (χ0n) is 18.4. The van der Waals surface area contributed by atoms with Gasteiger partial charge in [-0.2, -0.15) is 5.10 Å². The summed E-state index contributed by atoms with van der Waals surface area (Å²) < 4.78 is 1.99. The summed E-state index contributed by atoms with van der Waals surface area (Å²) in [6, 6.07) is 12.3. The molecule has 0 unspecified atom stereocenters. The minimum absolute atomic E-state index is 0.0324. The molecule has 0 spiro atoms. The van der Waals surface area contributed by atoms with Gasteiger partial charge in [-0.15, -0.1) is 0 Å². The molecule has 31 heavy (non-hydrogen) atoms. The van der Waals surface area contributed by atoms with Crippen LogP contribution in [0.3, 0.4) is 0 Å². The second kappa shape index (κ2) is 10.6. The Morgan fingerprint density at radius 2 is 1.84 bits per heavy atom. The highest BCUT2D eigenvalue weighted by atomic mass is 16.2. The van der Waals surface area contributed by atoms with Crippen LogP contribution in [-0.4, -0.2) is 57.6 Å². The molecule has 2 saturated heterocycles. The highest BCUT2D eigenvalue weighted by molar-refractivity contribution is 5.84. The van der Waals surface area contributed by atoms with Crippen molar-refractivity contribution >= 4 is 11.8 Å². The second-order valence-corrected chi connectivity index (χ2v) is 8.99. The first-order chi connectivity index (χ1) is 15.2. The van der Waals surface area contributed by atoms with Gasteiger partial charge in [0.05, 0.1) is 5.92 Å². The average Bonchev–Trinajstić information content (AvgIpc) is 3.33. The van der Waals surface area contributed by atoms with Crippen molar-refractivity contribution in [3.63, 3.8) is 0 Å². The molecule has 1 aromatic heterocycles. The zero-order chi connectivity index (χ0) is 21.5. The van der Waals surface area contributed by atoms with Crippen molar-refractivity contribution in [3.05, 3.63) is 54.4 Å². The van der Waals surface area contributed by atoms with Gasteiger partial charge in [-0.1, -0.05) is 30.3 Å². The highest BCUT2D eigenvalue weighted by Gasteiger charge is 2.33. The van der Waals surface area contributed by atoms with E-state index in [4.69, 9.17) is 0 Å². The Hall–Kier alpha value is -2.63. The van der Waals surface area contributed by atoms with E-state index in [0.29, 0.717) is 25.3 Å². The van der Waals surface area contributed by atoms with Crippen LogP contribution in [0.5, 0.6) is 0 Å². The van der Waals surface area contributed by atoms with Gasteiger partial charge in [0.2, 0.25) is 11.8 Å². The van der Waals surface area contributed by atoms with Crippen molar-refractivity contribution in [1.29, 1.82) is 0 Å². The van der Waals surface area contributed by atoms with Gasteiger partial charge in [0.1, 0.15) is 0 Å². The van der Waals surface area contributed by atoms with Gasteiger partial charge in [0.15, 0.2) is 0 Å². The molecule has 166 valence electrons. The molecule has 2 fully saturated rings. The molecule has 2 amide bonds. The third kappa shape index (κ3) is 5.96. The van der Waals surface area contributed by atoms with E-state index in [2.05, 4.69) is 29.4 Å². The fourth-order valence-corrected chi connectivity index (χ4v) is 4.90. The molecule has 2 aliphatic heterocycles. The van der Waals surface area contributed by atoms with Crippen molar-refractivity contribution in [1.82, 2.24) is 19.6 Å². The molecule has 0 saturated carbocycles. The Morgan fingerprint density at radius 1 is 1.03 bits per heavy atom. The number of carbonyl (C=O) groups excluding carboxylic acids is 2. The Bertz CT molecular complexity index is 828. The molecule has 1 atom stereocenters. The topological polar surface area (TPSA) is 58.4 Å². The summed E-state index contributed by atoms with van der Waals surface area (Å²) in [5.74, 6) is 1.09. The van der Waals surface area contributed by atoms with Gasteiger partial charge >= 0.3 is 0 Å². The molecule has 0 radical (unpaired) electrons. The van der Waals surface area contributed by atoms with E-state index in [9.17, 15) is 9.59 Å². The van der Waals surface area contributed by atoms with Crippen molar-refractivity contribution in [3.8, 4) is 0 Å². The zero-order valence-corrected chi connectivity index (χ0v) is 18.4. The minimum atomic E-state index is -0.0324. The second-order valence-electron chi connectivity index (χ2n) is 8.99. The number of nitrogens with zero attached hydrogens (tertiary/aromatic N) is 4. The molecule has 0 aliphatic carbocycles. The normalized spacial score (nSPS) is 20.3. The first-order valence-corrected chi connectivity index (χ1v) is 11.8. The van der Waals surface area contributed by atoms with Crippen LogP contribution in [0.15, 0.2) is 48.8 Å². The summed E-state index contributed by atoms with van der Waals surface area (Å²) in [6.07, 6.45) is 10.2. The number of piperidine rings is 2. The lowest BCUT2D eigenvalue weighted by molar-refractivity contribution is -0.144. The van der Waals surface area contributed by atoms with Crippen molar-refractivity contribution in [2.24, 2.45) is 11.8 Å². The number of hydrogen-bond acceptors (Lipinski definition) is 3. The largest absolute Gasteiger partial charge is 0.342 e. The molecular weight excluding hydrogens is 388 g/mol. The predicted molar refractivity (Wildman–Crippen MR) is 120 cm³/mol. The first kappa shape index (κ1) is 21.6. The van der Waals surface area contributed by atoms with Crippen LogP contribution < -0.4 is 0 Å². The van der Waals surface area contributed by atoms with Crippen molar-refractivity contribution in [2.75, 3.05) is 26.2 Å². The maximum absolute atomic E-state index is 13.1. The molecule has 6 heteroatoms. The van der Waals surface area contributed by atoms with Crippen LogP contribution >= 0.6 is 0 Å². The van der Waals surface area contributed by atoms with Crippen molar-refractivity contribution in [2.45, 2.75) is 51.5 Å². The third-order valence-electron chi connectivity index (χ3n) is 6.84. The number of carbonyl (C=O) groups is 2. The summed E-state index contributed by atoms with van der Waals surface area (Å²) >= 11 is 0. The van der Waals surface area contributed by atoms with Crippen LogP contribution in [0.4, 0.5) is 0 Å². The monoisotopic (exact) mass is 422 g/mol. The fraction of sp³-hybridized carbons (Fsp3) is 0.560. The smallest absolute Gasteiger partial charge is 0.227 e.